The molecular weight excluding hydrogens is 456 g/mol. The second-order valence-electron chi connectivity index (χ2n) is 8.36. The van der Waals surface area contributed by atoms with E-state index in [9.17, 15) is 9.59 Å². The van der Waals surface area contributed by atoms with Gasteiger partial charge in [-0.25, -0.2) is 0 Å². The van der Waals surface area contributed by atoms with Crippen LogP contribution < -0.4 is 4.74 Å². The van der Waals surface area contributed by atoms with Crippen molar-refractivity contribution in [3.8, 4) is 5.75 Å². The van der Waals surface area contributed by atoms with E-state index in [-0.39, 0.29) is 24.3 Å². The lowest BCUT2D eigenvalue weighted by Gasteiger charge is -2.13. The maximum absolute atomic E-state index is 13.1. The Balaban J connectivity index is 1.41. The number of fused-ring (bicyclic) bond motifs is 1. The lowest BCUT2D eigenvalue weighted by Crippen LogP contribution is -2.32. The maximum Gasteiger partial charge on any atom is 0.293 e. The first-order valence-electron chi connectivity index (χ1n) is 11.7. The van der Waals surface area contributed by atoms with Crippen molar-refractivity contribution in [2.75, 3.05) is 13.2 Å². The molecule has 1 aliphatic heterocycles. The molecule has 0 atom stereocenters. The van der Waals surface area contributed by atoms with Gasteiger partial charge < -0.3 is 9.30 Å². The van der Waals surface area contributed by atoms with Crippen molar-refractivity contribution in [2.45, 2.75) is 19.9 Å². The monoisotopic (exact) mass is 482 g/mol. The SMILES string of the molecule is CCc1cccc2c(/C=C3\SC(=O)N(CCOc4ccccc4)C3=O)cn(Cc3ccccc3)c12. The highest BCUT2D eigenvalue weighted by Crippen LogP contribution is 2.35. The van der Waals surface area contributed by atoms with Crippen LogP contribution in [0, 0.1) is 0 Å². The highest BCUT2D eigenvalue weighted by atomic mass is 32.2. The summed E-state index contributed by atoms with van der Waals surface area (Å²) in [5.41, 5.74) is 4.57. The summed E-state index contributed by atoms with van der Waals surface area (Å²) < 4.78 is 7.93. The Hall–Kier alpha value is -3.77. The van der Waals surface area contributed by atoms with E-state index in [0.717, 1.165) is 35.7 Å². The molecule has 4 aromatic rings. The molecule has 0 radical (unpaired) electrons. The van der Waals surface area contributed by atoms with Gasteiger partial charge in [-0.1, -0.05) is 73.7 Å². The van der Waals surface area contributed by atoms with E-state index in [1.54, 1.807) is 0 Å². The second kappa shape index (κ2) is 10.2. The average molecular weight is 483 g/mol. The molecule has 0 aliphatic carbocycles. The zero-order valence-electron chi connectivity index (χ0n) is 19.5. The third-order valence-electron chi connectivity index (χ3n) is 6.08. The molecule has 0 N–H and O–H groups in total. The third-order valence-corrected chi connectivity index (χ3v) is 6.98. The number of para-hydroxylation sites is 2. The van der Waals surface area contributed by atoms with Gasteiger partial charge in [0, 0.05) is 23.7 Å². The van der Waals surface area contributed by atoms with Crippen LogP contribution in [0.2, 0.25) is 0 Å². The number of aromatic nitrogens is 1. The molecule has 2 heterocycles. The van der Waals surface area contributed by atoms with Crippen LogP contribution in [0.3, 0.4) is 0 Å². The topological polar surface area (TPSA) is 51.5 Å². The lowest BCUT2D eigenvalue weighted by atomic mass is 10.1. The van der Waals surface area contributed by atoms with E-state index < -0.39 is 0 Å². The van der Waals surface area contributed by atoms with Crippen LogP contribution in [0.5, 0.6) is 5.75 Å². The Morgan fingerprint density at radius 1 is 0.914 bits per heavy atom. The van der Waals surface area contributed by atoms with Gasteiger partial charge in [-0.05, 0) is 47.5 Å². The third kappa shape index (κ3) is 4.88. The minimum atomic E-state index is -0.271. The standard InChI is InChI=1S/C29H26N2O3S/c1-2-22-12-9-15-25-23(20-30(27(22)25)19-21-10-5-3-6-11-21)18-26-28(32)31(29(33)35-26)16-17-34-24-13-7-4-8-14-24/h3-15,18,20H,2,16-17,19H2,1H3/b26-18-. The summed E-state index contributed by atoms with van der Waals surface area (Å²) in [7, 11) is 0. The molecule has 0 spiro atoms. The summed E-state index contributed by atoms with van der Waals surface area (Å²) in [5, 5.41) is 0.819. The summed E-state index contributed by atoms with van der Waals surface area (Å²) in [6.45, 7) is 3.36. The molecule has 35 heavy (non-hydrogen) atoms. The molecule has 5 nitrogen and oxygen atoms in total. The molecular formula is C29H26N2O3S. The van der Waals surface area contributed by atoms with Crippen LogP contribution >= 0.6 is 11.8 Å². The van der Waals surface area contributed by atoms with Crippen LogP contribution in [-0.2, 0) is 17.8 Å². The van der Waals surface area contributed by atoms with Crippen molar-refractivity contribution in [3.05, 3.63) is 107 Å². The minimum Gasteiger partial charge on any atom is -0.492 e. The highest BCUT2D eigenvalue weighted by molar-refractivity contribution is 8.18. The quantitative estimate of drug-likeness (QED) is 0.274. The minimum absolute atomic E-state index is 0.215. The fourth-order valence-corrected chi connectivity index (χ4v) is 5.23. The molecule has 1 aliphatic rings. The van der Waals surface area contributed by atoms with Crippen molar-refractivity contribution in [1.29, 1.82) is 0 Å². The first kappa shape index (κ1) is 23.0. The number of nitrogens with zero attached hydrogens (tertiary/aromatic N) is 2. The molecule has 1 aromatic heterocycles. The Labute approximate surface area is 209 Å². The fraction of sp³-hybridized carbons (Fsp3) is 0.172. The van der Waals surface area contributed by atoms with Crippen LogP contribution in [0.15, 0.2) is 90.0 Å². The van der Waals surface area contributed by atoms with Gasteiger partial charge >= 0.3 is 0 Å². The smallest absolute Gasteiger partial charge is 0.293 e. The zero-order valence-corrected chi connectivity index (χ0v) is 20.3. The number of hydrogen-bond acceptors (Lipinski definition) is 4. The molecule has 176 valence electrons. The van der Waals surface area contributed by atoms with E-state index in [1.807, 2.05) is 54.6 Å². The number of benzene rings is 3. The molecule has 5 rings (SSSR count). The summed E-state index contributed by atoms with van der Waals surface area (Å²) in [6.07, 6.45) is 4.85. The van der Waals surface area contributed by atoms with Crippen molar-refractivity contribution >= 4 is 39.9 Å². The van der Waals surface area contributed by atoms with Crippen LogP contribution in [-0.4, -0.2) is 33.8 Å². The molecule has 0 bridgehead atoms. The maximum atomic E-state index is 13.1. The van der Waals surface area contributed by atoms with Gasteiger partial charge in [0.05, 0.1) is 17.0 Å². The molecule has 0 unspecified atom stereocenters. The van der Waals surface area contributed by atoms with E-state index in [4.69, 9.17) is 4.74 Å². The van der Waals surface area contributed by atoms with Crippen molar-refractivity contribution in [1.82, 2.24) is 9.47 Å². The summed E-state index contributed by atoms with van der Waals surface area (Å²) >= 11 is 0.988. The van der Waals surface area contributed by atoms with Gasteiger partial charge in [0.25, 0.3) is 11.1 Å². The summed E-state index contributed by atoms with van der Waals surface area (Å²) in [4.78, 5) is 27.4. The number of hydrogen-bond donors (Lipinski definition) is 0. The first-order valence-corrected chi connectivity index (χ1v) is 12.5. The summed E-state index contributed by atoms with van der Waals surface area (Å²) in [5.74, 6) is 0.445. The normalized spacial score (nSPS) is 14.9. The van der Waals surface area contributed by atoms with Gasteiger partial charge in [-0.15, -0.1) is 0 Å². The Morgan fingerprint density at radius 2 is 1.66 bits per heavy atom. The predicted molar refractivity (Wildman–Crippen MR) is 141 cm³/mol. The van der Waals surface area contributed by atoms with Crippen molar-refractivity contribution in [2.24, 2.45) is 0 Å². The van der Waals surface area contributed by atoms with Crippen LogP contribution in [0.1, 0.15) is 23.6 Å². The molecule has 3 aromatic carbocycles. The average Bonchev–Trinajstić information content (AvgIpc) is 3.37. The predicted octanol–water partition coefficient (Wildman–Crippen LogP) is 6.37. The van der Waals surface area contributed by atoms with E-state index in [0.29, 0.717) is 10.7 Å². The number of thioether (sulfide) groups is 1. The molecule has 6 heteroatoms. The summed E-state index contributed by atoms with van der Waals surface area (Å²) in [6, 6.07) is 26.0. The number of ether oxygens (including phenoxy) is 1. The number of amides is 2. The van der Waals surface area contributed by atoms with Crippen molar-refractivity contribution < 1.29 is 14.3 Å². The Morgan fingerprint density at radius 3 is 2.40 bits per heavy atom. The molecule has 1 saturated heterocycles. The van der Waals surface area contributed by atoms with Gasteiger partial charge in [0.2, 0.25) is 0 Å². The molecule has 2 amide bonds. The Bertz CT molecular complexity index is 1390. The number of rotatable bonds is 8. The molecule has 1 fully saturated rings. The van der Waals surface area contributed by atoms with E-state index >= 15 is 0 Å². The van der Waals surface area contributed by atoms with Gasteiger partial charge in [0.15, 0.2) is 0 Å². The highest BCUT2D eigenvalue weighted by Gasteiger charge is 2.35. The lowest BCUT2D eigenvalue weighted by molar-refractivity contribution is -0.123. The van der Waals surface area contributed by atoms with E-state index in [2.05, 4.69) is 48.0 Å². The second-order valence-corrected chi connectivity index (χ2v) is 9.35. The number of carbonyl (C=O) groups is 2. The number of aryl methyl sites for hydroxylation is 1. The van der Waals surface area contributed by atoms with E-state index in [1.165, 1.54) is 21.5 Å². The largest absolute Gasteiger partial charge is 0.492 e. The number of imide groups is 1. The Kier molecular flexibility index (Phi) is 6.73. The van der Waals surface area contributed by atoms with Gasteiger partial charge in [-0.3, -0.25) is 14.5 Å². The number of carbonyl (C=O) groups excluding carboxylic acids is 2. The van der Waals surface area contributed by atoms with Crippen LogP contribution in [0.4, 0.5) is 4.79 Å². The van der Waals surface area contributed by atoms with Gasteiger partial charge in [0.1, 0.15) is 12.4 Å². The fourth-order valence-electron chi connectivity index (χ4n) is 4.38. The van der Waals surface area contributed by atoms with Crippen molar-refractivity contribution in [3.63, 3.8) is 0 Å². The zero-order chi connectivity index (χ0) is 24.2. The molecule has 0 saturated carbocycles. The van der Waals surface area contributed by atoms with Crippen LogP contribution in [0.25, 0.3) is 17.0 Å². The van der Waals surface area contributed by atoms with Gasteiger partial charge in [-0.2, -0.15) is 0 Å². The first-order chi connectivity index (χ1) is 17.1.